The van der Waals surface area contributed by atoms with E-state index in [4.69, 9.17) is 5.73 Å². The molecule has 0 saturated heterocycles. The van der Waals surface area contributed by atoms with Crippen molar-refractivity contribution in [2.75, 3.05) is 5.73 Å². The molecular formula is C14H13NO3. The molecule has 0 aliphatic rings. The minimum atomic E-state index is -0.457. The zero-order valence-corrected chi connectivity index (χ0v) is 9.84. The van der Waals surface area contributed by atoms with Crippen LogP contribution in [0.4, 0.5) is 5.69 Å². The Morgan fingerprint density at radius 2 is 1.56 bits per heavy atom. The molecular weight excluding hydrogens is 230 g/mol. The third kappa shape index (κ3) is 2.13. The fourth-order valence-corrected chi connectivity index (χ4v) is 1.71. The number of hydrogen-bond donors (Lipinski definition) is 3. The van der Waals surface area contributed by atoms with Crippen LogP contribution < -0.4 is 5.73 Å². The van der Waals surface area contributed by atoms with Gasteiger partial charge >= 0.3 is 0 Å². The number of rotatable bonds is 2. The maximum atomic E-state index is 12.2. The van der Waals surface area contributed by atoms with Crippen LogP contribution in [0.1, 0.15) is 21.5 Å². The van der Waals surface area contributed by atoms with E-state index in [9.17, 15) is 15.0 Å². The minimum absolute atomic E-state index is 0.0795. The lowest BCUT2D eigenvalue weighted by molar-refractivity contribution is 0.103. The van der Waals surface area contributed by atoms with E-state index in [0.29, 0.717) is 5.69 Å². The molecule has 2 aromatic rings. The molecule has 0 unspecified atom stereocenters. The lowest BCUT2D eigenvalue weighted by Crippen LogP contribution is -2.03. The summed E-state index contributed by atoms with van der Waals surface area (Å²) in [5.41, 5.74) is 7.04. The number of ketones is 1. The van der Waals surface area contributed by atoms with Gasteiger partial charge in [0.15, 0.2) is 0 Å². The Balaban J connectivity index is 2.54. The third-order valence-corrected chi connectivity index (χ3v) is 2.66. The highest BCUT2D eigenvalue weighted by atomic mass is 16.3. The number of carbonyl (C=O) groups is 1. The molecule has 0 aliphatic heterocycles. The molecule has 92 valence electrons. The number of benzene rings is 2. The zero-order chi connectivity index (χ0) is 13.3. The van der Waals surface area contributed by atoms with Gasteiger partial charge in [-0.3, -0.25) is 4.79 Å². The number of anilines is 1. The topological polar surface area (TPSA) is 83.5 Å². The van der Waals surface area contributed by atoms with Crippen LogP contribution in [0.5, 0.6) is 11.5 Å². The molecule has 2 aromatic carbocycles. The first-order chi connectivity index (χ1) is 8.49. The molecule has 0 saturated carbocycles. The number of carbonyl (C=O) groups excluding carboxylic acids is 1. The van der Waals surface area contributed by atoms with E-state index in [-0.39, 0.29) is 22.6 Å². The highest BCUT2D eigenvalue weighted by molar-refractivity contribution is 6.12. The highest BCUT2D eigenvalue weighted by Crippen LogP contribution is 2.27. The van der Waals surface area contributed by atoms with Crippen molar-refractivity contribution in [3.05, 3.63) is 53.1 Å². The van der Waals surface area contributed by atoms with Crippen molar-refractivity contribution in [1.82, 2.24) is 0 Å². The summed E-state index contributed by atoms with van der Waals surface area (Å²) in [5.74, 6) is -0.733. The Bertz CT molecular complexity index is 567. The molecule has 0 bridgehead atoms. The number of nitrogens with two attached hydrogens (primary N) is 1. The van der Waals surface area contributed by atoms with Crippen LogP contribution in [0.2, 0.25) is 0 Å². The number of phenolic OH excluding ortho intramolecular Hbond substituents is 2. The number of hydrogen-bond acceptors (Lipinski definition) is 4. The molecule has 0 radical (unpaired) electrons. The second-order valence-corrected chi connectivity index (χ2v) is 4.13. The molecule has 4 nitrogen and oxygen atoms in total. The Morgan fingerprint density at radius 3 is 2.22 bits per heavy atom. The van der Waals surface area contributed by atoms with Gasteiger partial charge in [-0.25, -0.2) is 0 Å². The summed E-state index contributed by atoms with van der Waals surface area (Å²) in [6.45, 7) is 1.81. The average Bonchev–Trinajstić information content (AvgIpc) is 2.34. The highest BCUT2D eigenvalue weighted by Gasteiger charge is 2.17. The summed E-state index contributed by atoms with van der Waals surface area (Å²) in [6, 6.07) is 8.97. The quantitative estimate of drug-likeness (QED) is 0.429. The number of phenols is 2. The standard InChI is InChI=1S/C14H13NO3/c1-8-2-4-12(16)10(6-8)14(18)11-7-9(15)3-5-13(11)17/h2-7,16-17H,15H2,1H3. The van der Waals surface area contributed by atoms with E-state index in [0.717, 1.165) is 5.56 Å². The molecule has 0 fully saturated rings. The van der Waals surface area contributed by atoms with Gasteiger partial charge in [-0.15, -0.1) is 0 Å². The summed E-state index contributed by atoms with van der Waals surface area (Å²) in [5, 5.41) is 19.4. The largest absolute Gasteiger partial charge is 0.507 e. The van der Waals surface area contributed by atoms with Gasteiger partial charge in [0, 0.05) is 5.69 Å². The second kappa shape index (κ2) is 4.41. The molecule has 18 heavy (non-hydrogen) atoms. The van der Waals surface area contributed by atoms with E-state index in [1.165, 1.54) is 24.3 Å². The maximum Gasteiger partial charge on any atom is 0.200 e. The fraction of sp³-hybridized carbons (Fsp3) is 0.0714. The predicted molar refractivity (Wildman–Crippen MR) is 68.8 cm³/mol. The van der Waals surface area contributed by atoms with E-state index in [1.54, 1.807) is 12.1 Å². The molecule has 0 aromatic heterocycles. The molecule has 0 aliphatic carbocycles. The number of aromatic hydroxyl groups is 2. The summed E-state index contributed by atoms with van der Waals surface area (Å²) in [7, 11) is 0. The van der Waals surface area contributed by atoms with Crippen LogP contribution in [-0.4, -0.2) is 16.0 Å². The van der Waals surface area contributed by atoms with Crippen molar-refractivity contribution in [3.63, 3.8) is 0 Å². The van der Waals surface area contributed by atoms with Gasteiger partial charge in [-0.1, -0.05) is 11.6 Å². The first kappa shape index (κ1) is 12.0. The molecule has 0 amide bonds. The van der Waals surface area contributed by atoms with Crippen molar-refractivity contribution in [2.24, 2.45) is 0 Å². The first-order valence-electron chi connectivity index (χ1n) is 5.42. The summed E-state index contributed by atoms with van der Waals surface area (Å²) >= 11 is 0. The Kier molecular flexibility index (Phi) is 2.93. The van der Waals surface area contributed by atoms with Crippen LogP contribution in [0.25, 0.3) is 0 Å². The molecule has 2 rings (SSSR count). The monoisotopic (exact) mass is 243 g/mol. The smallest absolute Gasteiger partial charge is 0.200 e. The van der Waals surface area contributed by atoms with Crippen molar-refractivity contribution in [3.8, 4) is 11.5 Å². The van der Waals surface area contributed by atoms with Gasteiger partial charge in [0.2, 0.25) is 5.78 Å². The Hall–Kier alpha value is -2.49. The summed E-state index contributed by atoms with van der Waals surface area (Å²) in [6.07, 6.45) is 0. The Labute approximate surface area is 104 Å². The third-order valence-electron chi connectivity index (χ3n) is 2.66. The summed E-state index contributed by atoms with van der Waals surface area (Å²) in [4.78, 5) is 12.2. The minimum Gasteiger partial charge on any atom is -0.507 e. The Morgan fingerprint density at radius 1 is 1.00 bits per heavy atom. The molecule has 0 atom stereocenters. The van der Waals surface area contributed by atoms with Gasteiger partial charge < -0.3 is 15.9 Å². The first-order valence-corrected chi connectivity index (χ1v) is 5.42. The normalized spacial score (nSPS) is 10.3. The van der Waals surface area contributed by atoms with Crippen LogP contribution >= 0.6 is 0 Å². The van der Waals surface area contributed by atoms with Crippen LogP contribution in [0.15, 0.2) is 36.4 Å². The lowest BCUT2D eigenvalue weighted by Gasteiger charge is -2.07. The van der Waals surface area contributed by atoms with Gasteiger partial charge in [-0.2, -0.15) is 0 Å². The second-order valence-electron chi connectivity index (χ2n) is 4.13. The molecule has 0 spiro atoms. The number of nitrogen functional groups attached to an aromatic ring is 1. The van der Waals surface area contributed by atoms with Gasteiger partial charge in [-0.05, 0) is 37.3 Å². The molecule has 4 heteroatoms. The fourth-order valence-electron chi connectivity index (χ4n) is 1.71. The van der Waals surface area contributed by atoms with Crippen molar-refractivity contribution >= 4 is 11.5 Å². The van der Waals surface area contributed by atoms with Crippen LogP contribution in [0, 0.1) is 6.92 Å². The zero-order valence-electron chi connectivity index (χ0n) is 9.84. The average molecular weight is 243 g/mol. The van der Waals surface area contributed by atoms with E-state index in [1.807, 2.05) is 6.92 Å². The van der Waals surface area contributed by atoms with Crippen molar-refractivity contribution in [1.29, 1.82) is 0 Å². The summed E-state index contributed by atoms with van der Waals surface area (Å²) < 4.78 is 0. The SMILES string of the molecule is Cc1ccc(O)c(C(=O)c2cc(N)ccc2O)c1. The van der Waals surface area contributed by atoms with Crippen LogP contribution in [0.3, 0.4) is 0 Å². The molecule has 0 heterocycles. The van der Waals surface area contributed by atoms with Gasteiger partial charge in [0.25, 0.3) is 0 Å². The van der Waals surface area contributed by atoms with Crippen LogP contribution in [-0.2, 0) is 0 Å². The predicted octanol–water partition coefficient (Wildman–Crippen LogP) is 2.22. The van der Waals surface area contributed by atoms with E-state index in [2.05, 4.69) is 0 Å². The lowest BCUT2D eigenvalue weighted by atomic mass is 9.99. The number of aryl methyl sites for hydroxylation is 1. The van der Waals surface area contributed by atoms with Crippen molar-refractivity contribution < 1.29 is 15.0 Å². The molecule has 4 N–H and O–H groups in total. The maximum absolute atomic E-state index is 12.2. The van der Waals surface area contributed by atoms with Gasteiger partial charge in [0.05, 0.1) is 11.1 Å². The van der Waals surface area contributed by atoms with E-state index < -0.39 is 5.78 Å². The van der Waals surface area contributed by atoms with Crippen molar-refractivity contribution in [2.45, 2.75) is 6.92 Å². The van der Waals surface area contributed by atoms with Gasteiger partial charge in [0.1, 0.15) is 11.5 Å². The van der Waals surface area contributed by atoms with E-state index >= 15 is 0 Å².